The highest BCUT2D eigenvalue weighted by molar-refractivity contribution is 5.97. The smallest absolute Gasteiger partial charge is 0.303 e. The molecule has 0 unspecified atom stereocenters. The number of nitrogens with zero attached hydrogens (tertiary/aromatic N) is 1. The number of carbonyl (C=O) groups is 11. The van der Waals surface area contributed by atoms with Gasteiger partial charge in [-0.25, -0.2) is 0 Å². The monoisotopic (exact) mass is 1130 g/mol. The zero-order valence-corrected chi connectivity index (χ0v) is 45.1. The lowest BCUT2D eigenvalue weighted by atomic mass is 9.96. The number of hydrogen-bond donors (Lipinski definition) is 10. The highest BCUT2D eigenvalue weighted by Crippen LogP contribution is 2.29. The van der Waals surface area contributed by atoms with E-state index in [1.807, 2.05) is 0 Å². The normalized spacial score (nSPS) is 20.3. The van der Waals surface area contributed by atoms with Gasteiger partial charge in [0.2, 0.25) is 41.4 Å². The third-order valence-electron chi connectivity index (χ3n) is 12.8. The van der Waals surface area contributed by atoms with E-state index in [1.165, 1.54) is 60.4 Å². The summed E-state index contributed by atoms with van der Waals surface area (Å²) in [5.74, 6) is -9.53. The molecule has 2 aliphatic rings. The number of benzene rings is 3. The van der Waals surface area contributed by atoms with Gasteiger partial charge < -0.3 is 76.2 Å². The summed E-state index contributed by atoms with van der Waals surface area (Å²) in [6.45, 7) is 3.56. The number of phenols is 2. The van der Waals surface area contributed by atoms with E-state index in [9.17, 15) is 68.1 Å². The van der Waals surface area contributed by atoms with E-state index in [0.717, 1.165) is 27.7 Å². The first kappa shape index (κ1) is 63.1. The van der Waals surface area contributed by atoms with Gasteiger partial charge in [-0.3, -0.25) is 58.1 Å². The first-order chi connectivity index (χ1) is 38.4. The number of rotatable bonds is 26. The van der Waals surface area contributed by atoms with Gasteiger partial charge in [-0.05, 0) is 67.1 Å². The fourth-order valence-corrected chi connectivity index (χ4v) is 8.97. The Kier molecular flexibility index (Phi) is 23.4. The first-order valence-electron chi connectivity index (χ1n) is 25.8. The van der Waals surface area contributed by atoms with Gasteiger partial charge in [-0.2, -0.15) is 0 Å². The molecule has 11 N–H and O–H groups in total. The SMILES string of the molecule is CC(=O)OC[C@H]1O[C@@H](N[C@@H](Cc2ccc(O)cc2)C(=O)N[C@H](C)C(=O)N[C@@H](Cc2ccccc2)C(=O)NCC(=O)N[C@@H](Cc2ccc(O)cc2)C(=O)N2CCC[C@H]2C(=O)N[C@@H](CO)C(N)=O)[C@H](OC(C)=O)[C@@H](OC(C)=O)[C@@H]1OC(C)=O. The predicted molar refractivity (Wildman–Crippen MR) is 280 cm³/mol. The molecule has 2 saturated heterocycles. The first-order valence-corrected chi connectivity index (χ1v) is 25.8. The Hall–Kier alpha value is -8.69. The highest BCUT2D eigenvalue weighted by atomic mass is 16.7. The standard InChI is InChI=1S/C54H68N8O19/c1-28(57-51(74)39(23-34-13-17-36(68)18-14-34)61-53-47(80-32(5)67)46(79-31(4)66)45(78-30(3)65)43(81-53)27-77-29(2)64)49(72)59-38(22-33-10-7-6-8-11-33)50(73)56-25-44(70)58-40(24-35-15-19-37(69)20-16-35)54(76)62-21-9-12-42(62)52(75)60-41(26-63)48(55)71/h6-8,10-11,13-20,28,38-43,45-47,53,61,63,68-69H,9,12,21-27H2,1-5H3,(H2,55,71)(H,56,73)(H,57,74)(H,58,70)(H,59,72)(H,60,75)/t28-,38+,39+,40+,41+,42+,43-,45-,46+,47-,53-/m1/s1. The van der Waals surface area contributed by atoms with Crippen molar-refractivity contribution >= 4 is 65.2 Å². The minimum absolute atomic E-state index is 0.0679. The van der Waals surface area contributed by atoms with Gasteiger partial charge in [0.05, 0.1) is 19.2 Å². The molecule has 0 bridgehead atoms. The Morgan fingerprint density at radius 1 is 0.630 bits per heavy atom. The number of aliphatic hydroxyl groups is 1. The maximum Gasteiger partial charge on any atom is 0.303 e. The molecule has 3 aromatic rings. The van der Waals surface area contributed by atoms with Crippen LogP contribution in [0.5, 0.6) is 11.5 Å². The van der Waals surface area contributed by atoms with Gasteiger partial charge in [-0.15, -0.1) is 0 Å². The van der Waals surface area contributed by atoms with Crippen LogP contribution in [0.4, 0.5) is 0 Å². The zero-order chi connectivity index (χ0) is 59.5. The lowest BCUT2D eigenvalue weighted by Gasteiger charge is -2.45. The van der Waals surface area contributed by atoms with Crippen LogP contribution in [0, 0.1) is 0 Å². The van der Waals surface area contributed by atoms with Crippen LogP contribution in [0.2, 0.25) is 0 Å². The van der Waals surface area contributed by atoms with Crippen molar-refractivity contribution in [1.29, 1.82) is 0 Å². The third-order valence-corrected chi connectivity index (χ3v) is 12.8. The van der Waals surface area contributed by atoms with Crippen molar-refractivity contribution in [2.75, 3.05) is 26.3 Å². The molecule has 0 aliphatic carbocycles. The average molecular weight is 1130 g/mol. The summed E-state index contributed by atoms with van der Waals surface area (Å²) in [6.07, 6.45) is -7.60. The number of aromatic hydroxyl groups is 2. The van der Waals surface area contributed by atoms with Crippen molar-refractivity contribution in [3.8, 4) is 11.5 Å². The lowest BCUT2D eigenvalue weighted by molar-refractivity contribution is -0.258. The summed E-state index contributed by atoms with van der Waals surface area (Å²) in [5.41, 5.74) is 6.81. The summed E-state index contributed by atoms with van der Waals surface area (Å²) in [7, 11) is 0. The molecular weight excluding hydrogens is 1060 g/mol. The number of amides is 7. The fraction of sp³-hybridized carbons (Fsp3) is 0.463. The van der Waals surface area contributed by atoms with Crippen LogP contribution in [0.1, 0.15) is 64.2 Å². The van der Waals surface area contributed by atoms with Crippen LogP contribution in [-0.2, 0) is 95.7 Å². The minimum Gasteiger partial charge on any atom is -0.508 e. The lowest BCUT2D eigenvalue weighted by Crippen LogP contribution is -2.68. The van der Waals surface area contributed by atoms with Gasteiger partial charge in [0.1, 0.15) is 54.4 Å². The summed E-state index contributed by atoms with van der Waals surface area (Å²) in [5, 5.41) is 45.1. The average Bonchev–Trinajstić information content (AvgIpc) is 4.00. The molecule has 27 heteroatoms. The number of phenolic OH excluding ortho intramolecular Hbond substituents is 2. The number of primary amides is 1. The van der Waals surface area contributed by atoms with E-state index < -0.39 is 152 Å². The number of hydrogen-bond acceptors (Lipinski definition) is 20. The van der Waals surface area contributed by atoms with Crippen molar-refractivity contribution in [2.24, 2.45) is 5.73 Å². The Labute approximate surface area is 465 Å². The van der Waals surface area contributed by atoms with Gasteiger partial charge in [0, 0.05) is 47.1 Å². The van der Waals surface area contributed by atoms with Crippen LogP contribution in [-0.4, -0.2) is 179 Å². The van der Waals surface area contributed by atoms with E-state index in [0.29, 0.717) is 23.1 Å². The highest BCUT2D eigenvalue weighted by Gasteiger charge is 2.53. The number of aliphatic hydroxyl groups excluding tert-OH is 1. The van der Waals surface area contributed by atoms with E-state index in [4.69, 9.17) is 29.4 Å². The Balaban J connectivity index is 1.36. The molecule has 2 aliphatic heterocycles. The van der Waals surface area contributed by atoms with Gasteiger partial charge >= 0.3 is 23.9 Å². The zero-order valence-electron chi connectivity index (χ0n) is 45.1. The van der Waals surface area contributed by atoms with Crippen molar-refractivity contribution in [3.05, 3.63) is 95.6 Å². The van der Waals surface area contributed by atoms with Crippen LogP contribution in [0.25, 0.3) is 0 Å². The number of ether oxygens (including phenoxy) is 5. The van der Waals surface area contributed by atoms with Crippen LogP contribution in [0.15, 0.2) is 78.9 Å². The maximum absolute atomic E-state index is 14.5. The quantitative estimate of drug-likeness (QED) is 0.0299. The Morgan fingerprint density at radius 3 is 1.73 bits per heavy atom. The Bertz CT molecular complexity index is 2730. The van der Waals surface area contributed by atoms with E-state index in [2.05, 4.69) is 31.9 Å². The van der Waals surface area contributed by atoms with Gasteiger partial charge in [0.15, 0.2) is 24.5 Å². The summed E-state index contributed by atoms with van der Waals surface area (Å²) in [4.78, 5) is 146. The molecular formula is C54H68N8O19. The molecule has 27 nitrogen and oxygen atoms in total. The third kappa shape index (κ3) is 19.3. The fourth-order valence-electron chi connectivity index (χ4n) is 8.97. The number of esters is 4. The minimum atomic E-state index is -1.63. The summed E-state index contributed by atoms with van der Waals surface area (Å²) < 4.78 is 27.9. The number of carbonyl (C=O) groups excluding carboxylic acids is 11. The molecule has 11 atom stereocenters. The predicted octanol–water partition coefficient (Wildman–Crippen LogP) is -2.29. The molecule has 7 amide bonds. The van der Waals surface area contributed by atoms with Crippen LogP contribution in [0.3, 0.4) is 0 Å². The summed E-state index contributed by atoms with van der Waals surface area (Å²) in [6, 6.07) is 11.9. The second kappa shape index (κ2) is 30.1. The Morgan fingerprint density at radius 2 is 1.17 bits per heavy atom. The van der Waals surface area contributed by atoms with Crippen molar-refractivity contribution in [2.45, 2.75) is 134 Å². The maximum atomic E-state index is 14.5. The van der Waals surface area contributed by atoms with Crippen molar-refractivity contribution < 1.29 is 91.7 Å². The molecule has 0 radical (unpaired) electrons. The van der Waals surface area contributed by atoms with Gasteiger partial charge in [0.25, 0.3) is 0 Å². The molecule has 2 fully saturated rings. The molecule has 5 rings (SSSR count). The number of nitrogens with two attached hydrogens (primary N) is 1. The summed E-state index contributed by atoms with van der Waals surface area (Å²) >= 11 is 0. The van der Waals surface area contributed by atoms with E-state index in [-0.39, 0.29) is 43.7 Å². The largest absolute Gasteiger partial charge is 0.508 e. The molecule has 0 saturated carbocycles. The van der Waals surface area contributed by atoms with Crippen LogP contribution < -0.4 is 37.6 Å². The van der Waals surface area contributed by atoms with Crippen LogP contribution >= 0.6 is 0 Å². The number of likely N-dealkylation sites (tertiary alicyclic amines) is 1. The molecule has 2 heterocycles. The second-order valence-corrected chi connectivity index (χ2v) is 19.2. The molecule has 438 valence electrons. The van der Waals surface area contributed by atoms with E-state index in [1.54, 1.807) is 30.3 Å². The molecule has 3 aromatic carbocycles. The molecule has 81 heavy (non-hydrogen) atoms. The molecule has 0 spiro atoms. The second-order valence-electron chi connectivity index (χ2n) is 19.2. The number of nitrogens with one attached hydrogen (secondary N) is 6. The van der Waals surface area contributed by atoms with Crippen molar-refractivity contribution in [1.82, 2.24) is 36.8 Å². The van der Waals surface area contributed by atoms with E-state index >= 15 is 0 Å². The van der Waals surface area contributed by atoms with Crippen molar-refractivity contribution in [3.63, 3.8) is 0 Å². The topological polar surface area (TPSA) is 396 Å². The molecule has 0 aromatic heterocycles. The van der Waals surface area contributed by atoms with Gasteiger partial charge in [-0.1, -0.05) is 54.6 Å².